The predicted molar refractivity (Wildman–Crippen MR) is 97.8 cm³/mol. The summed E-state index contributed by atoms with van der Waals surface area (Å²) in [5, 5.41) is 11.8. The summed E-state index contributed by atoms with van der Waals surface area (Å²) in [5.74, 6) is -0.600. The van der Waals surface area contributed by atoms with Gasteiger partial charge in [0.25, 0.3) is 0 Å². The molecule has 0 aliphatic carbocycles. The molecule has 0 amide bonds. The van der Waals surface area contributed by atoms with Crippen LogP contribution in [-0.4, -0.2) is 28.1 Å². The Morgan fingerprint density at radius 1 is 1.12 bits per heavy atom. The number of aromatic amines is 1. The highest BCUT2D eigenvalue weighted by Crippen LogP contribution is 2.35. The molecule has 26 heavy (non-hydrogen) atoms. The number of nitrogens with one attached hydrogen (secondary N) is 1. The molecule has 3 aromatic rings. The van der Waals surface area contributed by atoms with Gasteiger partial charge >= 0.3 is 0 Å². The maximum absolute atomic E-state index is 14.1. The van der Waals surface area contributed by atoms with Gasteiger partial charge in [0.05, 0.1) is 5.60 Å². The Hall–Kier alpha value is -2.24. The Morgan fingerprint density at radius 2 is 1.85 bits per heavy atom. The van der Waals surface area contributed by atoms with E-state index in [1.54, 1.807) is 30.3 Å². The van der Waals surface area contributed by atoms with Gasteiger partial charge in [-0.15, -0.1) is 0 Å². The standard InChI is InChI=1S/C21H22F2N2O/c1-14-17(16-12-15(22)6-7-20(16)24-14)13-25-10-8-21(26,9-11-25)18-4-2-3-5-19(18)23/h2-7,12,24,26H,8-11,13H2,1H3. The van der Waals surface area contributed by atoms with E-state index in [2.05, 4.69) is 9.88 Å². The van der Waals surface area contributed by atoms with E-state index in [0.29, 0.717) is 38.0 Å². The highest BCUT2D eigenvalue weighted by molar-refractivity contribution is 5.84. The largest absolute Gasteiger partial charge is 0.385 e. The van der Waals surface area contributed by atoms with Crippen LogP contribution in [0.15, 0.2) is 42.5 Å². The van der Waals surface area contributed by atoms with Crippen LogP contribution in [0.1, 0.15) is 29.7 Å². The van der Waals surface area contributed by atoms with Gasteiger partial charge in [0.1, 0.15) is 11.6 Å². The van der Waals surface area contributed by atoms with Crippen molar-refractivity contribution in [2.24, 2.45) is 0 Å². The van der Waals surface area contributed by atoms with Gasteiger partial charge < -0.3 is 10.1 Å². The lowest BCUT2D eigenvalue weighted by Gasteiger charge is -2.38. The number of rotatable bonds is 3. The maximum Gasteiger partial charge on any atom is 0.129 e. The number of H-pyrrole nitrogens is 1. The Kier molecular flexibility index (Phi) is 4.29. The van der Waals surface area contributed by atoms with Gasteiger partial charge in [-0.05, 0) is 49.6 Å². The SMILES string of the molecule is Cc1[nH]c2ccc(F)cc2c1CN1CCC(O)(c2ccccc2F)CC1. The molecule has 1 aromatic heterocycles. The molecule has 136 valence electrons. The molecule has 0 unspecified atom stereocenters. The topological polar surface area (TPSA) is 39.3 Å². The van der Waals surface area contributed by atoms with Crippen LogP contribution in [0.2, 0.25) is 0 Å². The Bertz CT molecular complexity index is 942. The quantitative estimate of drug-likeness (QED) is 0.737. The molecule has 0 saturated carbocycles. The number of aryl methyl sites for hydroxylation is 1. The van der Waals surface area contributed by atoms with Crippen molar-refractivity contribution in [1.82, 2.24) is 9.88 Å². The number of benzene rings is 2. The van der Waals surface area contributed by atoms with Crippen LogP contribution in [-0.2, 0) is 12.1 Å². The molecule has 4 rings (SSSR count). The summed E-state index contributed by atoms with van der Waals surface area (Å²) < 4.78 is 27.7. The highest BCUT2D eigenvalue weighted by Gasteiger charge is 2.36. The number of fused-ring (bicyclic) bond motifs is 1. The third-order valence-electron chi connectivity index (χ3n) is 5.52. The predicted octanol–water partition coefficient (Wildman–Crippen LogP) is 4.24. The second-order valence-electron chi connectivity index (χ2n) is 7.21. The van der Waals surface area contributed by atoms with Crippen LogP contribution in [0.3, 0.4) is 0 Å². The number of halogens is 2. The van der Waals surface area contributed by atoms with E-state index >= 15 is 0 Å². The molecule has 2 heterocycles. The molecular weight excluding hydrogens is 334 g/mol. The number of piperidine rings is 1. The average Bonchev–Trinajstić information content (AvgIpc) is 2.92. The molecule has 2 N–H and O–H groups in total. The summed E-state index contributed by atoms with van der Waals surface area (Å²) in [4.78, 5) is 5.53. The Labute approximate surface area is 151 Å². The van der Waals surface area contributed by atoms with Gasteiger partial charge in [-0.1, -0.05) is 18.2 Å². The first-order valence-corrected chi connectivity index (χ1v) is 8.93. The number of nitrogens with zero attached hydrogens (tertiary/aromatic N) is 1. The molecule has 1 fully saturated rings. The molecule has 1 aliphatic rings. The molecule has 2 aromatic carbocycles. The van der Waals surface area contributed by atoms with E-state index < -0.39 is 5.60 Å². The lowest BCUT2D eigenvalue weighted by molar-refractivity contribution is -0.0302. The first kappa shape index (κ1) is 17.2. The monoisotopic (exact) mass is 356 g/mol. The molecule has 1 aliphatic heterocycles. The van der Waals surface area contributed by atoms with Crippen molar-refractivity contribution >= 4 is 10.9 Å². The zero-order valence-corrected chi connectivity index (χ0v) is 14.7. The second-order valence-corrected chi connectivity index (χ2v) is 7.21. The van der Waals surface area contributed by atoms with E-state index in [-0.39, 0.29) is 11.6 Å². The minimum Gasteiger partial charge on any atom is -0.385 e. The number of likely N-dealkylation sites (tertiary alicyclic amines) is 1. The van der Waals surface area contributed by atoms with E-state index in [1.165, 1.54) is 12.1 Å². The second kappa shape index (κ2) is 6.49. The van der Waals surface area contributed by atoms with Crippen LogP contribution in [0, 0.1) is 18.6 Å². The fraction of sp³-hybridized carbons (Fsp3) is 0.333. The minimum atomic E-state index is -1.12. The third kappa shape index (κ3) is 3.02. The molecule has 3 nitrogen and oxygen atoms in total. The highest BCUT2D eigenvalue weighted by atomic mass is 19.1. The van der Waals surface area contributed by atoms with Crippen molar-refractivity contribution in [1.29, 1.82) is 0 Å². The van der Waals surface area contributed by atoms with Crippen molar-refractivity contribution in [3.63, 3.8) is 0 Å². The molecule has 0 radical (unpaired) electrons. The number of hydrogen-bond acceptors (Lipinski definition) is 2. The summed E-state index contributed by atoms with van der Waals surface area (Å²) in [5.41, 5.74) is 2.29. The van der Waals surface area contributed by atoms with Crippen molar-refractivity contribution in [3.05, 3.63) is 70.9 Å². The molecular formula is C21H22F2N2O. The molecule has 1 saturated heterocycles. The summed E-state index contributed by atoms with van der Waals surface area (Å²) in [6.45, 7) is 3.99. The van der Waals surface area contributed by atoms with Gasteiger partial charge in [-0.25, -0.2) is 8.78 Å². The van der Waals surface area contributed by atoms with Gasteiger partial charge in [0, 0.05) is 41.8 Å². The Balaban J connectivity index is 1.52. The van der Waals surface area contributed by atoms with E-state index in [0.717, 1.165) is 22.2 Å². The van der Waals surface area contributed by atoms with Crippen LogP contribution in [0.4, 0.5) is 8.78 Å². The smallest absolute Gasteiger partial charge is 0.129 e. The summed E-state index contributed by atoms with van der Waals surface area (Å²) in [6, 6.07) is 11.2. The zero-order valence-electron chi connectivity index (χ0n) is 14.7. The van der Waals surface area contributed by atoms with Crippen LogP contribution in [0.5, 0.6) is 0 Å². The van der Waals surface area contributed by atoms with Gasteiger partial charge in [-0.3, -0.25) is 4.90 Å². The van der Waals surface area contributed by atoms with Crippen molar-refractivity contribution in [2.45, 2.75) is 31.9 Å². The minimum absolute atomic E-state index is 0.245. The van der Waals surface area contributed by atoms with Crippen LogP contribution >= 0.6 is 0 Å². The number of aromatic nitrogens is 1. The lowest BCUT2D eigenvalue weighted by Crippen LogP contribution is -2.42. The fourth-order valence-electron chi connectivity index (χ4n) is 3.97. The molecule has 5 heteroatoms. The van der Waals surface area contributed by atoms with E-state index in [4.69, 9.17) is 0 Å². The maximum atomic E-state index is 14.1. The summed E-state index contributed by atoms with van der Waals surface area (Å²) in [7, 11) is 0. The first-order chi connectivity index (χ1) is 12.5. The van der Waals surface area contributed by atoms with E-state index in [1.807, 2.05) is 6.92 Å². The van der Waals surface area contributed by atoms with Gasteiger partial charge in [0.2, 0.25) is 0 Å². The van der Waals surface area contributed by atoms with E-state index in [9.17, 15) is 13.9 Å². The number of aliphatic hydroxyl groups is 1. The van der Waals surface area contributed by atoms with Crippen molar-refractivity contribution < 1.29 is 13.9 Å². The van der Waals surface area contributed by atoms with Gasteiger partial charge in [0.15, 0.2) is 0 Å². The summed E-state index contributed by atoms with van der Waals surface area (Å²) >= 11 is 0. The third-order valence-corrected chi connectivity index (χ3v) is 5.52. The molecule has 0 bridgehead atoms. The van der Waals surface area contributed by atoms with Crippen molar-refractivity contribution in [2.75, 3.05) is 13.1 Å². The molecule has 0 atom stereocenters. The normalized spacial score (nSPS) is 17.7. The lowest BCUT2D eigenvalue weighted by atomic mass is 9.84. The van der Waals surface area contributed by atoms with Crippen LogP contribution < -0.4 is 0 Å². The van der Waals surface area contributed by atoms with Gasteiger partial charge in [-0.2, -0.15) is 0 Å². The average molecular weight is 356 g/mol. The molecule has 0 spiro atoms. The van der Waals surface area contributed by atoms with Crippen LogP contribution in [0.25, 0.3) is 10.9 Å². The fourth-order valence-corrected chi connectivity index (χ4v) is 3.97. The zero-order chi connectivity index (χ0) is 18.3. The first-order valence-electron chi connectivity index (χ1n) is 8.93. The summed E-state index contributed by atoms with van der Waals surface area (Å²) in [6.07, 6.45) is 0.952. The van der Waals surface area contributed by atoms with Crippen molar-refractivity contribution in [3.8, 4) is 0 Å². The number of hydrogen-bond donors (Lipinski definition) is 2. The Morgan fingerprint density at radius 3 is 2.58 bits per heavy atom.